The van der Waals surface area contributed by atoms with Crippen molar-refractivity contribution in [2.45, 2.75) is 19.9 Å². The van der Waals surface area contributed by atoms with Crippen LogP contribution in [0, 0.1) is 0 Å². The molecule has 4 rings (SSSR count). The molecule has 0 spiro atoms. The average molecular weight is 406 g/mol. The van der Waals surface area contributed by atoms with Gasteiger partial charge in [0.25, 0.3) is 0 Å². The van der Waals surface area contributed by atoms with Crippen molar-refractivity contribution in [1.82, 2.24) is 9.47 Å². The average Bonchev–Trinajstić information content (AvgIpc) is 2.86. The predicted molar refractivity (Wildman–Crippen MR) is 113 cm³/mol. The van der Waals surface area contributed by atoms with Crippen LogP contribution >= 0.6 is 34.8 Å². The minimum Gasteiger partial charge on any atom is -0.320 e. The first-order valence-electron chi connectivity index (χ1n) is 8.57. The lowest BCUT2D eigenvalue weighted by Gasteiger charge is -2.23. The minimum absolute atomic E-state index is 0.646. The van der Waals surface area contributed by atoms with Crippen molar-refractivity contribution in [2.24, 2.45) is 0 Å². The van der Waals surface area contributed by atoms with Crippen molar-refractivity contribution in [3.05, 3.63) is 68.3 Å². The lowest BCUT2D eigenvalue weighted by atomic mass is 10.1. The fraction of sp³-hybridized carbons (Fsp3) is 0.238. The maximum atomic E-state index is 6.28. The first-order valence-corrected chi connectivity index (χ1v) is 9.70. The van der Waals surface area contributed by atoms with Crippen LogP contribution in [-0.4, -0.2) is 23.1 Å². The Morgan fingerprint density at radius 1 is 1.00 bits per heavy atom. The van der Waals surface area contributed by atoms with Gasteiger partial charge in [-0.05, 0) is 67.1 Å². The van der Waals surface area contributed by atoms with Gasteiger partial charge in [-0.2, -0.15) is 0 Å². The summed E-state index contributed by atoms with van der Waals surface area (Å²) in [6.07, 6.45) is 3.20. The van der Waals surface area contributed by atoms with E-state index in [-0.39, 0.29) is 0 Å². The molecule has 0 aliphatic carbocycles. The molecule has 0 saturated carbocycles. The predicted octanol–water partition coefficient (Wildman–Crippen LogP) is 6.61. The SMILES string of the molecule is C/C(=C/n1c2c(c3cc(Cl)ccc31)CN(C)CC2)c1cc(Cl)cc(Cl)c1. The Balaban J connectivity index is 1.91. The minimum atomic E-state index is 0.646. The van der Waals surface area contributed by atoms with Gasteiger partial charge < -0.3 is 9.47 Å². The fourth-order valence-electron chi connectivity index (χ4n) is 3.70. The second-order valence-corrected chi connectivity index (χ2v) is 8.22. The zero-order valence-electron chi connectivity index (χ0n) is 14.7. The summed E-state index contributed by atoms with van der Waals surface area (Å²) in [5, 5.41) is 3.29. The quantitative estimate of drug-likeness (QED) is 0.466. The largest absolute Gasteiger partial charge is 0.320 e. The van der Waals surface area contributed by atoms with Crippen LogP contribution in [0.3, 0.4) is 0 Å². The van der Waals surface area contributed by atoms with Crippen molar-refractivity contribution in [1.29, 1.82) is 0 Å². The molecule has 0 atom stereocenters. The Morgan fingerprint density at radius 3 is 2.46 bits per heavy atom. The van der Waals surface area contributed by atoms with Crippen LogP contribution in [-0.2, 0) is 13.0 Å². The van der Waals surface area contributed by atoms with Gasteiger partial charge in [0, 0.05) is 51.9 Å². The van der Waals surface area contributed by atoms with E-state index in [4.69, 9.17) is 34.8 Å². The smallest absolute Gasteiger partial charge is 0.0529 e. The topological polar surface area (TPSA) is 8.17 Å². The normalized spacial score (nSPS) is 15.5. The first kappa shape index (κ1) is 17.9. The molecule has 26 heavy (non-hydrogen) atoms. The summed E-state index contributed by atoms with van der Waals surface area (Å²) in [4.78, 5) is 2.35. The molecular weight excluding hydrogens is 387 g/mol. The number of nitrogens with zero attached hydrogens (tertiary/aromatic N) is 2. The molecule has 134 valence electrons. The van der Waals surface area contributed by atoms with Gasteiger partial charge >= 0.3 is 0 Å². The van der Waals surface area contributed by atoms with Crippen LogP contribution in [0.5, 0.6) is 0 Å². The molecule has 0 N–H and O–H groups in total. The second-order valence-electron chi connectivity index (χ2n) is 6.91. The molecule has 5 heteroatoms. The van der Waals surface area contributed by atoms with Crippen LogP contribution in [0.25, 0.3) is 22.7 Å². The van der Waals surface area contributed by atoms with Crippen molar-refractivity contribution in [3.63, 3.8) is 0 Å². The summed E-state index contributed by atoms with van der Waals surface area (Å²) < 4.78 is 2.30. The third kappa shape index (κ3) is 3.27. The van der Waals surface area contributed by atoms with E-state index in [1.54, 1.807) is 6.07 Å². The summed E-state index contributed by atoms with van der Waals surface area (Å²) >= 11 is 18.6. The molecule has 2 aromatic carbocycles. The molecule has 0 saturated heterocycles. The maximum Gasteiger partial charge on any atom is 0.0529 e. The highest BCUT2D eigenvalue weighted by atomic mass is 35.5. The van der Waals surface area contributed by atoms with Crippen molar-refractivity contribution in [3.8, 4) is 0 Å². The van der Waals surface area contributed by atoms with Gasteiger partial charge in [-0.1, -0.05) is 34.8 Å². The monoisotopic (exact) mass is 404 g/mol. The van der Waals surface area contributed by atoms with Crippen LogP contribution in [0.2, 0.25) is 15.1 Å². The number of aromatic nitrogens is 1. The number of rotatable bonds is 2. The highest BCUT2D eigenvalue weighted by molar-refractivity contribution is 6.35. The Kier molecular flexibility index (Phi) is 4.79. The number of benzene rings is 2. The Hall–Kier alpha value is -1.45. The number of likely N-dealkylation sites (N-methyl/N-ethyl adjacent to an activating group) is 1. The molecule has 0 bridgehead atoms. The Labute approximate surface area is 168 Å². The van der Waals surface area contributed by atoms with E-state index in [0.717, 1.165) is 35.7 Å². The number of hydrogen-bond acceptors (Lipinski definition) is 1. The molecule has 0 fully saturated rings. The number of hydrogen-bond donors (Lipinski definition) is 0. The van der Waals surface area contributed by atoms with Crippen molar-refractivity contribution >= 4 is 57.5 Å². The highest BCUT2D eigenvalue weighted by Crippen LogP contribution is 2.34. The Bertz CT molecular complexity index is 1010. The van der Waals surface area contributed by atoms with E-state index < -0.39 is 0 Å². The van der Waals surface area contributed by atoms with Gasteiger partial charge in [-0.3, -0.25) is 0 Å². The van der Waals surface area contributed by atoms with Crippen LogP contribution < -0.4 is 0 Å². The summed E-state index contributed by atoms with van der Waals surface area (Å²) in [5.41, 5.74) is 6.04. The molecule has 1 aliphatic rings. The van der Waals surface area contributed by atoms with Gasteiger partial charge in [-0.25, -0.2) is 0 Å². The van der Waals surface area contributed by atoms with Crippen LogP contribution in [0.1, 0.15) is 23.7 Å². The molecule has 2 heterocycles. The van der Waals surface area contributed by atoms with E-state index in [1.807, 2.05) is 18.2 Å². The van der Waals surface area contributed by atoms with Gasteiger partial charge in [0.1, 0.15) is 0 Å². The molecule has 0 unspecified atom stereocenters. The van der Waals surface area contributed by atoms with E-state index in [0.29, 0.717) is 10.0 Å². The summed E-state index contributed by atoms with van der Waals surface area (Å²) in [5.74, 6) is 0. The van der Waals surface area contributed by atoms with E-state index in [2.05, 4.69) is 41.8 Å². The second kappa shape index (κ2) is 6.94. The van der Waals surface area contributed by atoms with Crippen LogP contribution in [0.4, 0.5) is 0 Å². The van der Waals surface area contributed by atoms with E-state index >= 15 is 0 Å². The van der Waals surface area contributed by atoms with Crippen molar-refractivity contribution in [2.75, 3.05) is 13.6 Å². The zero-order valence-corrected chi connectivity index (χ0v) is 17.0. The number of halogens is 3. The lowest BCUT2D eigenvalue weighted by Crippen LogP contribution is -2.26. The Morgan fingerprint density at radius 2 is 1.73 bits per heavy atom. The number of fused-ring (bicyclic) bond motifs is 3. The molecular formula is C21H19Cl3N2. The molecule has 1 aliphatic heterocycles. The molecule has 3 aromatic rings. The van der Waals surface area contributed by atoms with Crippen LogP contribution in [0.15, 0.2) is 36.4 Å². The lowest BCUT2D eigenvalue weighted by molar-refractivity contribution is 0.312. The first-order chi connectivity index (χ1) is 12.4. The fourth-order valence-corrected chi connectivity index (χ4v) is 4.40. The highest BCUT2D eigenvalue weighted by Gasteiger charge is 2.22. The summed E-state index contributed by atoms with van der Waals surface area (Å²) in [6, 6.07) is 11.8. The van der Waals surface area contributed by atoms with Gasteiger partial charge in [0.2, 0.25) is 0 Å². The molecule has 1 aromatic heterocycles. The molecule has 0 radical (unpaired) electrons. The summed E-state index contributed by atoms with van der Waals surface area (Å²) in [6.45, 7) is 4.08. The molecule has 0 amide bonds. The van der Waals surface area contributed by atoms with E-state index in [1.165, 1.54) is 22.2 Å². The zero-order chi connectivity index (χ0) is 18.4. The van der Waals surface area contributed by atoms with Gasteiger partial charge in [0.05, 0.1) is 5.52 Å². The number of allylic oxidation sites excluding steroid dienone is 1. The van der Waals surface area contributed by atoms with E-state index in [9.17, 15) is 0 Å². The summed E-state index contributed by atoms with van der Waals surface area (Å²) in [7, 11) is 2.16. The van der Waals surface area contributed by atoms with Gasteiger partial charge in [-0.15, -0.1) is 0 Å². The third-order valence-corrected chi connectivity index (χ3v) is 5.65. The standard InChI is InChI=1S/C21H19Cl3N2/c1-13(14-7-16(23)9-17(24)8-14)11-26-20-4-3-15(22)10-18(20)19-12-25(2)6-5-21(19)26/h3-4,7-11H,5-6,12H2,1-2H3/b13-11-. The molecule has 2 nitrogen and oxygen atoms in total. The van der Waals surface area contributed by atoms with Crippen molar-refractivity contribution < 1.29 is 0 Å². The maximum absolute atomic E-state index is 6.28. The van der Waals surface area contributed by atoms with Gasteiger partial charge in [0.15, 0.2) is 0 Å². The third-order valence-electron chi connectivity index (χ3n) is 4.98.